The third kappa shape index (κ3) is 3.04. The molecule has 0 atom stereocenters. The van der Waals surface area contributed by atoms with Gasteiger partial charge in [0, 0.05) is 6.54 Å². The van der Waals surface area contributed by atoms with Crippen LogP contribution in [0.2, 0.25) is 0 Å². The molecule has 0 saturated carbocycles. The molecule has 22 heavy (non-hydrogen) atoms. The molecule has 0 amide bonds. The van der Waals surface area contributed by atoms with Gasteiger partial charge in [0.2, 0.25) is 0 Å². The number of carboxylic acids is 1. The molecule has 0 saturated heterocycles. The zero-order chi connectivity index (χ0) is 16.4. The lowest BCUT2D eigenvalue weighted by Gasteiger charge is -2.08. The third-order valence-corrected chi connectivity index (χ3v) is 3.40. The third-order valence-electron chi connectivity index (χ3n) is 2.79. The number of rotatable bonds is 5. The lowest BCUT2D eigenvalue weighted by Crippen LogP contribution is -2.30. The van der Waals surface area contributed by atoms with Gasteiger partial charge >= 0.3 is 22.8 Å². The molecule has 0 aliphatic carbocycles. The van der Waals surface area contributed by atoms with Crippen molar-refractivity contribution in [3.8, 4) is 0 Å². The van der Waals surface area contributed by atoms with E-state index in [0.29, 0.717) is 5.56 Å². The predicted octanol–water partition coefficient (Wildman–Crippen LogP) is 0.0613. The fourth-order valence-corrected chi connectivity index (χ4v) is 2.54. The van der Waals surface area contributed by atoms with Crippen LogP contribution in [0.3, 0.4) is 0 Å². The Morgan fingerprint density at radius 1 is 1.32 bits per heavy atom. The van der Waals surface area contributed by atoms with Crippen molar-refractivity contribution in [2.75, 3.05) is 6.54 Å². The fourth-order valence-electron chi connectivity index (χ4n) is 1.92. The second-order valence-electron chi connectivity index (χ2n) is 4.28. The normalized spacial score (nSPS) is 10.8. The van der Waals surface area contributed by atoms with E-state index in [-0.39, 0.29) is 28.6 Å². The zero-order valence-corrected chi connectivity index (χ0v) is 12.4. The Hall–Kier alpha value is -2.53. The number of nitro benzene ring substituents is 1. The van der Waals surface area contributed by atoms with Crippen LogP contribution < -0.4 is 16.4 Å². The minimum Gasteiger partial charge on any atom is -0.480 e. The van der Waals surface area contributed by atoms with Gasteiger partial charge in [-0.3, -0.25) is 24.5 Å². The Morgan fingerprint density at radius 3 is 2.45 bits per heavy atom. The molecule has 2 aromatic rings. The van der Waals surface area contributed by atoms with Crippen molar-refractivity contribution in [3.05, 3.63) is 46.9 Å². The Morgan fingerprint density at radius 2 is 1.91 bits per heavy atom. The molecule has 1 aromatic carbocycles. The van der Waals surface area contributed by atoms with E-state index >= 15 is 0 Å². The first-order chi connectivity index (χ1) is 10.3. The number of nitrogens with one attached hydrogen (secondary N) is 3. The number of H-pyrrole nitrogens is 2. The van der Waals surface area contributed by atoms with Gasteiger partial charge in [-0.05, 0) is 27.6 Å². The van der Waals surface area contributed by atoms with E-state index in [2.05, 4.69) is 31.2 Å². The number of hydrogen-bond donors (Lipinski definition) is 4. The Labute approximate surface area is 129 Å². The molecule has 116 valence electrons. The minimum atomic E-state index is -1.08. The van der Waals surface area contributed by atoms with Crippen LogP contribution >= 0.6 is 15.9 Å². The summed E-state index contributed by atoms with van der Waals surface area (Å²) in [5.74, 6) is -1.08. The molecule has 0 bridgehead atoms. The molecule has 1 aromatic heterocycles. The zero-order valence-electron chi connectivity index (χ0n) is 10.8. The number of carbonyl (C=O) groups is 1. The lowest BCUT2D eigenvalue weighted by atomic mass is 10.1. The number of halogens is 1. The molecule has 0 aliphatic heterocycles. The molecule has 2 rings (SSSR count). The molecule has 1 heterocycles. The van der Waals surface area contributed by atoms with Crippen LogP contribution in [0.15, 0.2) is 20.1 Å². The highest BCUT2D eigenvalue weighted by Gasteiger charge is 2.22. The Balaban J connectivity index is 2.67. The summed E-state index contributed by atoms with van der Waals surface area (Å²) in [6.45, 7) is -0.301. The standard InChI is InChI=1S/C11H9BrN4O6/c12-5-1-4(2-13-3-6(17)18)7-8(9(5)16(21)22)15-11(20)10(19)14-7/h1,13H,2-3H2,(H,14,19)(H,15,20)(H,17,18). The van der Waals surface area contributed by atoms with Gasteiger partial charge in [-0.1, -0.05) is 0 Å². The highest BCUT2D eigenvalue weighted by atomic mass is 79.9. The molecule has 11 heteroatoms. The molecule has 0 unspecified atom stereocenters. The van der Waals surface area contributed by atoms with Crippen LogP contribution in [0.1, 0.15) is 5.56 Å². The van der Waals surface area contributed by atoms with Gasteiger partial charge in [-0.25, -0.2) is 0 Å². The van der Waals surface area contributed by atoms with Crippen molar-refractivity contribution in [2.45, 2.75) is 6.54 Å². The second-order valence-corrected chi connectivity index (χ2v) is 5.13. The van der Waals surface area contributed by atoms with Crippen LogP contribution in [0, 0.1) is 10.1 Å². The summed E-state index contributed by atoms with van der Waals surface area (Å²) < 4.78 is 0.0971. The van der Waals surface area contributed by atoms with Crippen LogP contribution in [-0.4, -0.2) is 32.5 Å². The van der Waals surface area contributed by atoms with Crippen molar-refractivity contribution in [1.29, 1.82) is 0 Å². The van der Waals surface area contributed by atoms with Crippen molar-refractivity contribution >= 4 is 38.6 Å². The van der Waals surface area contributed by atoms with Crippen LogP contribution in [0.5, 0.6) is 0 Å². The number of aromatic nitrogens is 2. The molecular formula is C11H9BrN4O6. The topological polar surface area (TPSA) is 158 Å². The SMILES string of the molecule is O=C(O)CNCc1cc(Br)c([N+](=O)[O-])c2[nH]c(=O)c(=O)[nH]c12. The summed E-state index contributed by atoms with van der Waals surface area (Å²) in [6, 6.07) is 1.38. The van der Waals surface area contributed by atoms with Gasteiger partial charge < -0.3 is 20.4 Å². The number of aromatic amines is 2. The van der Waals surface area contributed by atoms with Crippen LogP contribution in [0.4, 0.5) is 5.69 Å². The first-order valence-corrected chi connectivity index (χ1v) is 6.65. The summed E-state index contributed by atoms with van der Waals surface area (Å²) in [6.07, 6.45) is 0. The van der Waals surface area contributed by atoms with Crippen molar-refractivity contribution in [2.24, 2.45) is 0 Å². The molecule has 0 fully saturated rings. The smallest absolute Gasteiger partial charge is 0.317 e. The second kappa shape index (κ2) is 6.07. The maximum Gasteiger partial charge on any atom is 0.317 e. The summed E-state index contributed by atoms with van der Waals surface area (Å²) in [7, 11) is 0. The summed E-state index contributed by atoms with van der Waals surface area (Å²) >= 11 is 3.03. The molecule has 0 spiro atoms. The van der Waals surface area contributed by atoms with E-state index < -0.39 is 27.7 Å². The number of hydrogen-bond acceptors (Lipinski definition) is 6. The van der Waals surface area contributed by atoms with Crippen molar-refractivity contribution in [3.63, 3.8) is 0 Å². The van der Waals surface area contributed by atoms with E-state index in [9.17, 15) is 24.5 Å². The quantitative estimate of drug-likeness (QED) is 0.328. The number of aliphatic carboxylic acids is 1. The van der Waals surface area contributed by atoms with Crippen molar-refractivity contribution in [1.82, 2.24) is 15.3 Å². The summed E-state index contributed by atoms with van der Waals surface area (Å²) in [5, 5.41) is 22.3. The molecular weight excluding hydrogens is 364 g/mol. The highest BCUT2D eigenvalue weighted by Crippen LogP contribution is 2.32. The van der Waals surface area contributed by atoms with E-state index in [4.69, 9.17) is 5.11 Å². The molecule has 4 N–H and O–H groups in total. The van der Waals surface area contributed by atoms with Gasteiger partial charge in [0.05, 0.1) is 21.5 Å². The fraction of sp³-hybridized carbons (Fsp3) is 0.182. The Kier molecular flexibility index (Phi) is 4.37. The van der Waals surface area contributed by atoms with E-state index in [1.165, 1.54) is 6.07 Å². The first kappa shape index (κ1) is 15.9. The monoisotopic (exact) mass is 372 g/mol. The number of nitro groups is 1. The maximum atomic E-state index is 11.4. The van der Waals surface area contributed by atoms with Gasteiger partial charge in [-0.15, -0.1) is 0 Å². The van der Waals surface area contributed by atoms with Crippen molar-refractivity contribution < 1.29 is 14.8 Å². The predicted molar refractivity (Wildman–Crippen MR) is 78.9 cm³/mol. The number of nitrogens with zero attached hydrogens (tertiary/aromatic N) is 1. The van der Waals surface area contributed by atoms with Crippen LogP contribution in [0.25, 0.3) is 11.0 Å². The summed E-state index contributed by atoms with van der Waals surface area (Å²) in [5.41, 5.74) is -2.05. The van der Waals surface area contributed by atoms with E-state index in [0.717, 1.165) is 0 Å². The molecule has 10 nitrogen and oxygen atoms in total. The first-order valence-electron chi connectivity index (χ1n) is 5.86. The lowest BCUT2D eigenvalue weighted by molar-refractivity contribution is -0.384. The van der Waals surface area contributed by atoms with E-state index in [1.807, 2.05) is 0 Å². The van der Waals surface area contributed by atoms with Gasteiger partial charge in [0.25, 0.3) is 0 Å². The Bertz CT molecular complexity index is 887. The summed E-state index contributed by atoms with van der Waals surface area (Å²) in [4.78, 5) is 48.2. The highest BCUT2D eigenvalue weighted by molar-refractivity contribution is 9.10. The van der Waals surface area contributed by atoms with Gasteiger partial charge in [0.15, 0.2) is 0 Å². The number of benzene rings is 1. The van der Waals surface area contributed by atoms with Gasteiger partial charge in [0.1, 0.15) is 5.52 Å². The number of carboxylic acid groups (broad SMARTS) is 1. The van der Waals surface area contributed by atoms with Crippen LogP contribution in [-0.2, 0) is 11.3 Å². The molecule has 0 radical (unpaired) electrons. The average Bonchev–Trinajstić information content (AvgIpc) is 2.40. The number of fused-ring (bicyclic) bond motifs is 1. The average molecular weight is 373 g/mol. The van der Waals surface area contributed by atoms with E-state index in [1.54, 1.807) is 0 Å². The largest absolute Gasteiger partial charge is 0.480 e. The molecule has 0 aliphatic rings. The maximum absolute atomic E-state index is 11.4. The van der Waals surface area contributed by atoms with Gasteiger partial charge in [-0.2, -0.15) is 0 Å². The minimum absolute atomic E-state index is 0.0291.